The zero-order valence-electron chi connectivity index (χ0n) is 10.1. The summed E-state index contributed by atoms with van der Waals surface area (Å²) >= 11 is 0. The maximum Gasteiger partial charge on any atom is -0.00173 e. The normalized spacial score (nSPS) is 20.7. The standard InChI is InChI=1S/C15H21N/c1-12(2)15-8-4-3-7-14(15)10-13-6-5-9-16-11-13/h3-4,7-8,13,16H,1,5-6,9-11H2,2H3. The molecule has 0 radical (unpaired) electrons. The molecular weight excluding hydrogens is 194 g/mol. The third-order valence-electron chi connectivity index (χ3n) is 3.38. The van der Waals surface area contributed by atoms with E-state index in [1.54, 1.807) is 0 Å². The maximum atomic E-state index is 4.06. The van der Waals surface area contributed by atoms with Gasteiger partial charge in [0.2, 0.25) is 0 Å². The molecule has 1 aromatic carbocycles. The Labute approximate surface area is 98.6 Å². The van der Waals surface area contributed by atoms with Crippen LogP contribution < -0.4 is 5.32 Å². The van der Waals surface area contributed by atoms with Gasteiger partial charge in [0.05, 0.1) is 0 Å². The number of allylic oxidation sites excluding steroid dienone is 1. The van der Waals surface area contributed by atoms with Gasteiger partial charge in [0.1, 0.15) is 0 Å². The molecule has 1 atom stereocenters. The van der Waals surface area contributed by atoms with Crippen molar-refractivity contribution in [1.29, 1.82) is 0 Å². The molecule has 1 unspecified atom stereocenters. The van der Waals surface area contributed by atoms with Gasteiger partial charge in [0.25, 0.3) is 0 Å². The van der Waals surface area contributed by atoms with Gasteiger partial charge in [-0.05, 0) is 56.3 Å². The second-order valence-electron chi connectivity index (χ2n) is 4.85. The second kappa shape index (κ2) is 5.31. The highest BCUT2D eigenvalue weighted by molar-refractivity contribution is 5.64. The highest BCUT2D eigenvalue weighted by atomic mass is 14.9. The van der Waals surface area contributed by atoms with E-state index >= 15 is 0 Å². The second-order valence-corrected chi connectivity index (χ2v) is 4.85. The fraction of sp³-hybridized carbons (Fsp3) is 0.467. The maximum absolute atomic E-state index is 4.06. The van der Waals surface area contributed by atoms with E-state index in [1.165, 1.54) is 49.1 Å². The van der Waals surface area contributed by atoms with Crippen LogP contribution in [0.25, 0.3) is 5.57 Å². The molecule has 2 rings (SSSR count). The highest BCUT2D eigenvalue weighted by Crippen LogP contribution is 2.22. The predicted octanol–water partition coefficient (Wildman–Crippen LogP) is 3.26. The fourth-order valence-electron chi connectivity index (χ4n) is 2.52. The molecule has 1 nitrogen and oxygen atoms in total. The minimum Gasteiger partial charge on any atom is -0.316 e. The van der Waals surface area contributed by atoms with Crippen molar-refractivity contribution < 1.29 is 0 Å². The van der Waals surface area contributed by atoms with Gasteiger partial charge in [-0.2, -0.15) is 0 Å². The largest absolute Gasteiger partial charge is 0.316 e. The van der Waals surface area contributed by atoms with Gasteiger partial charge >= 0.3 is 0 Å². The molecule has 0 amide bonds. The average Bonchev–Trinajstić information content (AvgIpc) is 2.31. The molecule has 0 spiro atoms. The Morgan fingerprint density at radius 3 is 2.94 bits per heavy atom. The first kappa shape index (κ1) is 11.4. The van der Waals surface area contributed by atoms with Crippen LogP contribution in [0.15, 0.2) is 30.8 Å². The van der Waals surface area contributed by atoms with Gasteiger partial charge in [-0.3, -0.25) is 0 Å². The molecule has 1 fully saturated rings. The summed E-state index contributed by atoms with van der Waals surface area (Å²) in [6, 6.07) is 8.68. The highest BCUT2D eigenvalue weighted by Gasteiger charge is 2.14. The quantitative estimate of drug-likeness (QED) is 0.816. The average molecular weight is 215 g/mol. The Morgan fingerprint density at radius 2 is 2.25 bits per heavy atom. The smallest absolute Gasteiger partial charge is 0.00173 e. The van der Waals surface area contributed by atoms with Gasteiger partial charge in [-0.1, -0.05) is 36.4 Å². The van der Waals surface area contributed by atoms with Gasteiger partial charge in [-0.25, -0.2) is 0 Å². The van der Waals surface area contributed by atoms with Gasteiger partial charge < -0.3 is 5.32 Å². The molecule has 1 heterocycles. The van der Waals surface area contributed by atoms with Gasteiger partial charge in [0.15, 0.2) is 0 Å². The van der Waals surface area contributed by atoms with Crippen molar-refractivity contribution in [3.63, 3.8) is 0 Å². The summed E-state index contributed by atoms with van der Waals surface area (Å²) in [4.78, 5) is 0. The van der Waals surface area contributed by atoms with Crippen LogP contribution >= 0.6 is 0 Å². The third kappa shape index (κ3) is 2.73. The molecular formula is C15H21N. The van der Waals surface area contributed by atoms with E-state index in [0.29, 0.717) is 0 Å². The lowest BCUT2D eigenvalue weighted by Gasteiger charge is -2.23. The van der Waals surface area contributed by atoms with Gasteiger partial charge in [-0.15, -0.1) is 0 Å². The Bertz CT molecular complexity index is 361. The van der Waals surface area contributed by atoms with Crippen LogP contribution in [0, 0.1) is 5.92 Å². The van der Waals surface area contributed by atoms with Crippen LogP contribution in [-0.4, -0.2) is 13.1 Å². The lowest BCUT2D eigenvalue weighted by atomic mass is 9.89. The van der Waals surface area contributed by atoms with E-state index in [9.17, 15) is 0 Å². The van der Waals surface area contributed by atoms with Gasteiger partial charge in [0, 0.05) is 0 Å². The van der Waals surface area contributed by atoms with Crippen molar-refractivity contribution in [2.24, 2.45) is 5.92 Å². The summed E-state index contributed by atoms with van der Waals surface area (Å²) in [7, 11) is 0. The molecule has 1 heteroatoms. The molecule has 1 N–H and O–H groups in total. The van der Waals surface area contributed by atoms with Crippen molar-refractivity contribution >= 4 is 5.57 Å². The zero-order chi connectivity index (χ0) is 11.4. The zero-order valence-corrected chi connectivity index (χ0v) is 10.1. The Hall–Kier alpha value is -1.08. The summed E-state index contributed by atoms with van der Waals surface area (Å²) in [5, 5.41) is 3.48. The first-order valence-electron chi connectivity index (χ1n) is 6.22. The van der Waals surface area contributed by atoms with E-state index in [4.69, 9.17) is 0 Å². The van der Waals surface area contributed by atoms with Crippen LogP contribution in [0.2, 0.25) is 0 Å². The summed E-state index contributed by atoms with van der Waals surface area (Å²) in [6.45, 7) is 8.52. The Balaban J connectivity index is 2.10. The monoisotopic (exact) mass is 215 g/mol. The summed E-state index contributed by atoms with van der Waals surface area (Å²) in [5.41, 5.74) is 3.98. The summed E-state index contributed by atoms with van der Waals surface area (Å²) in [5.74, 6) is 0.800. The van der Waals surface area contributed by atoms with Crippen molar-refractivity contribution in [1.82, 2.24) is 5.32 Å². The Kier molecular flexibility index (Phi) is 3.79. The van der Waals surface area contributed by atoms with E-state index in [2.05, 4.69) is 43.1 Å². The molecule has 1 aromatic rings. The van der Waals surface area contributed by atoms with Crippen molar-refractivity contribution in [2.75, 3.05) is 13.1 Å². The van der Waals surface area contributed by atoms with Crippen LogP contribution in [0.4, 0.5) is 0 Å². The lowest BCUT2D eigenvalue weighted by Crippen LogP contribution is -2.31. The molecule has 1 aliphatic heterocycles. The van der Waals surface area contributed by atoms with Crippen LogP contribution in [0.3, 0.4) is 0 Å². The van der Waals surface area contributed by atoms with Crippen molar-refractivity contribution in [3.05, 3.63) is 42.0 Å². The van der Waals surface area contributed by atoms with E-state index in [1.807, 2.05) is 0 Å². The van der Waals surface area contributed by atoms with Crippen LogP contribution in [0.5, 0.6) is 0 Å². The van der Waals surface area contributed by atoms with E-state index < -0.39 is 0 Å². The van der Waals surface area contributed by atoms with E-state index in [-0.39, 0.29) is 0 Å². The minimum absolute atomic E-state index is 0.800. The number of rotatable bonds is 3. The van der Waals surface area contributed by atoms with Crippen LogP contribution in [0.1, 0.15) is 30.9 Å². The first-order chi connectivity index (χ1) is 7.77. The molecule has 0 aromatic heterocycles. The van der Waals surface area contributed by atoms with E-state index in [0.717, 1.165) is 5.92 Å². The molecule has 0 bridgehead atoms. The summed E-state index contributed by atoms with van der Waals surface area (Å²) in [6.07, 6.45) is 3.87. The molecule has 16 heavy (non-hydrogen) atoms. The molecule has 1 aliphatic rings. The number of hydrogen-bond donors (Lipinski definition) is 1. The third-order valence-corrected chi connectivity index (χ3v) is 3.38. The number of hydrogen-bond acceptors (Lipinski definition) is 1. The summed E-state index contributed by atoms with van der Waals surface area (Å²) < 4.78 is 0. The molecule has 0 saturated carbocycles. The first-order valence-corrected chi connectivity index (χ1v) is 6.22. The minimum atomic E-state index is 0.800. The molecule has 0 aliphatic carbocycles. The number of nitrogens with one attached hydrogen (secondary N) is 1. The fourth-order valence-corrected chi connectivity index (χ4v) is 2.52. The van der Waals surface area contributed by atoms with Crippen molar-refractivity contribution in [3.8, 4) is 0 Å². The number of benzene rings is 1. The predicted molar refractivity (Wildman–Crippen MR) is 70.4 cm³/mol. The van der Waals surface area contributed by atoms with Crippen LogP contribution in [-0.2, 0) is 6.42 Å². The molecule has 86 valence electrons. The lowest BCUT2D eigenvalue weighted by molar-refractivity contribution is 0.376. The number of piperidine rings is 1. The SMILES string of the molecule is C=C(C)c1ccccc1CC1CCCNC1. The Morgan fingerprint density at radius 1 is 1.44 bits per heavy atom. The topological polar surface area (TPSA) is 12.0 Å². The van der Waals surface area contributed by atoms with Crippen molar-refractivity contribution in [2.45, 2.75) is 26.2 Å². The molecule has 1 saturated heterocycles.